The number of imidazole rings is 2. The number of rotatable bonds is 6. The summed E-state index contributed by atoms with van der Waals surface area (Å²) in [6.07, 6.45) is -4.55. The van der Waals surface area contributed by atoms with Crippen LogP contribution in [-0.2, 0) is 17.5 Å². The molecule has 196 valence electrons. The smallest absolute Gasteiger partial charge is 0.383 e. The van der Waals surface area contributed by atoms with E-state index in [0.29, 0.717) is 16.6 Å². The molecule has 13 heteroatoms. The van der Waals surface area contributed by atoms with Crippen LogP contribution in [-0.4, -0.2) is 39.1 Å². The van der Waals surface area contributed by atoms with Gasteiger partial charge in [-0.25, -0.2) is 14.4 Å². The quantitative estimate of drug-likeness (QED) is 0.218. The van der Waals surface area contributed by atoms with Crippen LogP contribution in [0.2, 0.25) is 10.0 Å². The van der Waals surface area contributed by atoms with Crippen LogP contribution in [0.1, 0.15) is 15.9 Å². The number of amides is 1. The maximum atomic E-state index is 14.4. The molecule has 0 radical (unpaired) electrons. The number of fused-ring (bicyclic) bond motifs is 2. The summed E-state index contributed by atoms with van der Waals surface area (Å²) in [4.78, 5) is 24.7. The lowest BCUT2D eigenvalue weighted by atomic mass is 10.2. The Morgan fingerprint density at radius 1 is 1.11 bits per heavy atom. The number of hydrogen-bond donors (Lipinski definition) is 2. The molecule has 2 N–H and O–H groups in total. The number of methoxy groups -OCH3 is 1. The van der Waals surface area contributed by atoms with Crippen LogP contribution in [0, 0.1) is 5.82 Å². The fourth-order valence-corrected chi connectivity index (χ4v) is 4.55. The molecule has 38 heavy (non-hydrogen) atoms. The maximum Gasteiger partial charge on any atom is 0.416 e. The summed E-state index contributed by atoms with van der Waals surface area (Å²) in [5, 5.41) is 2.89. The van der Waals surface area contributed by atoms with E-state index in [9.17, 15) is 22.4 Å². The topological polar surface area (TPSA) is 84.8 Å². The fraction of sp³-hybridized carbons (Fsp3) is 0.160. The van der Waals surface area contributed by atoms with E-state index in [0.717, 1.165) is 12.1 Å². The number of aromatic amines is 1. The largest absolute Gasteiger partial charge is 0.416 e. The summed E-state index contributed by atoms with van der Waals surface area (Å²) in [5.74, 6) is -1.06. The minimum Gasteiger partial charge on any atom is -0.383 e. The van der Waals surface area contributed by atoms with Crippen molar-refractivity contribution >= 4 is 57.1 Å². The third-order valence-corrected chi connectivity index (χ3v) is 6.42. The van der Waals surface area contributed by atoms with E-state index in [1.165, 1.54) is 43.5 Å². The van der Waals surface area contributed by atoms with Gasteiger partial charge in [0.25, 0.3) is 5.91 Å². The Morgan fingerprint density at radius 2 is 1.89 bits per heavy atom. The van der Waals surface area contributed by atoms with E-state index < -0.39 is 23.5 Å². The number of hydrogen-bond acceptors (Lipinski definition) is 4. The van der Waals surface area contributed by atoms with Crippen molar-refractivity contribution in [2.45, 2.75) is 12.7 Å². The van der Waals surface area contributed by atoms with Gasteiger partial charge in [-0.3, -0.25) is 10.1 Å². The summed E-state index contributed by atoms with van der Waals surface area (Å²) in [6, 6.07) is 10.2. The molecule has 0 bridgehead atoms. The lowest BCUT2D eigenvalue weighted by molar-refractivity contribution is -0.137. The zero-order chi connectivity index (χ0) is 27.2. The maximum absolute atomic E-state index is 14.4. The van der Waals surface area contributed by atoms with Crippen LogP contribution in [0.4, 0.5) is 23.5 Å². The Labute approximate surface area is 222 Å². The van der Waals surface area contributed by atoms with Crippen LogP contribution in [0.5, 0.6) is 0 Å². The number of halogens is 6. The average molecular weight is 566 g/mol. The van der Waals surface area contributed by atoms with E-state index in [-0.39, 0.29) is 51.6 Å². The molecule has 5 aromatic rings. The SMILES string of the molecule is COCCn1c(NC(=O)c2cc(Cl)c3nc(-c4c(F)cccc4Cl)[nH]c3c2)nc2cc(C(F)(F)F)ccc21. The minimum atomic E-state index is -4.55. The normalized spacial score (nSPS) is 12.0. The average Bonchev–Trinajstić information content (AvgIpc) is 3.43. The van der Waals surface area contributed by atoms with E-state index >= 15 is 0 Å². The molecular formula is C25H17Cl2F4N5O2. The molecule has 0 aliphatic heterocycles. The Balaban J connectivity index is 1.52. The number of nitrogens with one attached hydrogen (secondary N) is 2. The van der Waals surface area contributed by atoms with Crippen molar-refractivity contribution in [3.8, 4) is 11.4 Å². The first kappa shape index (κ1) is 26.0. The lowest BCUT2D eigenvalue weighted by Gasteiger charge is -2.10. The van der Waals surface area contributed by atoms with Gasteiger partial charge in [0.15, 0.2) is 0 Å². The number of H-pyrrole nitrogens is 1. The van der Waals surface area contributed by atoms with Gasteiger partial charge in [0, 0.05) is 19.2 Å². The van der Waals surface area contributed by atoms with E-state index in [1.807, 2.05) is 0 Å². The molecule has 0 spiro atoms. The van der Waals surface area contributed by atoms with Crippen molar-refractivity contribution in [3.63, 3.8) is 0 Å². The number of benzene rings is 3. The number of alkyl halides is 3. The molecule has 1 amide bonds. The number of nitrogens with zero attached hydrogens (tertiary/aromatic N) is 3. The molecule has 2 aromatic heterocycles. The molecule has 0 unspecified atom stereocenters. The predicted molar refractivity (Wildman–Crippen MR) is 136 cm³/mol. The van der Waals surface area contributed by atoms with Crippen LogP contribution < -0.4 is 5.32 Å². The van der Waals surface area contributed by atoms with Gasteiger partial charge in [-0.2, -0.15) is 13.2 Å². The first-order valence-corrected chi connectivity index (χ1v) is 11.8. The van der Waals surface area contributed by atoms with Crippen molar-refractivity contribution in [1.29, 1.82) is 0 Å². The zero-order valence-corrected chi connectivity index (χ0v) is 21.0. The second kappa shape index (κ2) is 9.90. The van der Waals surface area contributed by atoms with Crippen molar-refractivity contribution in [2.75, 3.05) is 19.0 Å². The summed E-state index contributed by atoms with van der Waals surface area (Å²) < 4.78 is 60.7. The van der Waals surface area contributed by atoms with Crippen molar-refractivity contribution in [1.82, 2.24) is 19.5 Å². The molecule has 0 atom stereocenters. The molecule has 2 heterocycles. The van der Waals surface area contributed by atoms with Crippen LogP contribution in [0.15, 0.2) is 48.5 Å². The number of carbonyl (C=O) groups is 1. The number of carbonyl (C=O) groups excluding carboxylic acids is 1. The molecule has 0 fully saturated rings. The highest BCUT2D eigenvalue weighted by Gasteiger charge is 2.31. The summed E-state index contributed by atoms with van der Waals surface area (Å²) in [6.45, 7) is 0.448. The van der Waals surface area contributed by atoms with E-state index in [2.05, 4.69) is 20.3 Å². The van der Waals surface area contributed by atoms with Gasteiger partial charge >= 0.3 is 6.18 Å². The summed E-state index contributed by atoms with van der Waals surface area (Å²) in [7, 11) is 1.48. The van der Waals surface area contributed by atoms with E-state index in [4.69, 9.17) is 27.9 Å². The highest BCUT2D eigenvalue weighted by molar-refractivity contribution is 6.36. The third-order valence-electron chi connectivity index (χ3n) is 5.82. The van der Waals surface area contributed by atoms with Crippen LogP contribution in [0.25, 0.3) is 33.5 Å². The molecule has 0 aliphatic rings. The third kappa shape index (κ3) is 4.80. The van der Waals surface area contributed by atoms with Crippen molar-refractivity contribution in [3.05, 3.63) is 75.5 Å². The second-order valence-corrected chi connectivity index (χ2v) is 9.09. The standard InChI is InChI=1S/C25H17Cl2F4N5O2/c1-38-8-7-36-19-6-5-13(25(29,30)31)11-17(19)33-24(36)35-23(37)12-9-15(27)21-18(10-12)32-22(34-21)20-14(26)3-2-4-16(20)28/h2-6,9-11H,7-8H2,1H3,(H,32,34)(H,33,35,37). The zero-order valence-electron chi connectivity index (χ0n) is 19.5. The number of aromatic nitrogens is 4. The van der Waals surface area contributed by atoms with E-state index in [1.54, 1.807) is 4.57 Å². The monoisotopic (exact) mass is 565 g/mol. The minimum absolute atomic E-state index is 0.0287. The lowest BCUT2D eigenvalue weighted by Crippen LogP contribution is -2.17. The molecular weight excluding hydrogens is 549 g/mol. The fourth-order valence-electron chi connectivity index (χ4n) is 4.03. The number of ether oxygens (including phenoxy) is 1. The second-order valence-electron chi connectivity index (χ2n) is 8.27. The van der Waals surface area contributed by atoms with Gasteiger partial charge in [0.1, 0.15) is 17.2 Å². The molecule has 0 saturated heterocycles. The van der Waals surface area contributed by atoms with Gasteiger partial charge < -0.3 is 14.3 Å². The Morgan fingerprint density at radius 3 is 2.61 bits per heavy atom. The molecule has 7 nitrogen and oxygen atoms in total. The summed E-state index contributed by atoms with van der Waals surface area (Å²) in [5.41, 5.74) is 0.389. The Bertz CT molecular complexity index is 1680. The first-order chi connectivity index (χ1) is 18.1. The van der Waals surface area contributed by atoms with Gasteiger partial charge in [-0.05, 0) is 42.5 Å². The molecule has 3 aromatic carbocycles. The van der Waals surface area contributed by atoms with Gasteiger partial charge in [0.2, 0.25) is 5.95 Å². The van der Waals surface area contributed by atoms with Gasteiger partial charge in [0.05, 0.1) is 44.3 Å². The highest BCUT2D eigenvalue weighted by atomic mass is 35.5. The molecule has 0 aliphatic carbocycles. The first-order valence-electron chi connectivity index (χ1n) is 11.1. The highest BCUT2D eigenvalue weighted by Crippen LogP contribution is 2.34. The predicted octanol–water partition coefficient (Wildman–Crippen LogP) is 6.94. The van der Waals surface area contributed by atoms with Gasteiger partial charge in [-0.15, -0.1) is 0 Å². The molecule has 5 rings (SSSR count). The Hall–Kier alpha value is -3.67. The van der Waals surface area contributed by atoms with Gasteiger partial charge in [-0.1, -0.05) is 29.3 Å². The Kier molecular flexibility index (Phi) is 6.76. The van der Waals surface area contributed by atoms with Crippen LogP contribution in [0.3, 0.4) is 0 Å². The van der Waals surface area contributed by atoms with Crippen molar-refractivity contribution < 1.29 is 27.1 Å². The van der Waals surface area contributed by atoms with Crippen molar-refractivity contribution in [2.24, 2.45) is 0 Å². The number of anilines is 1. The van der Waals surface area contributed by atoms with Crippen LogP contribution >= 0.6 is 23.2 Å². The summed E-state index contributed by atoms with van der Waals surface area (Å²) >= 11 is 12.5. The molecule has 0 saturated carbocycles.